The van der Waals surface area contributed by atoms with Gasteiger partial charge in [-0.05, 0) is 42.5 Å². The zero-order valence-corrected chi connectivity index (χ0v) is 21.0. The van der Waals surface area contributed by atoms with Crippen molar-refractivity contribution < 1.29 is 19.1 Å². The van der Waals surface area contributed by atoms with E-state index in [1.807, 2.05) is 60.7 Å². The smallest absolute Gasteiger partial charge is 0.338 e. The average Bonchev–Trinajstić information content (AvgIpc) is 2.96. The second-order valence-corrected chi connectivity index (χ2v) is 8.74. The molecule has 192 valence electrons. The van der Waals surface area contributed by atoms with Crippen molar-refractivity contribution in [3.05, 3.63) is 109 Å². The van der Waals surface area contributed by atoms with E-state index in [2.05, 4.69) is 10.6 Å². The van der Waals surface area contributed by atoms with Crippen molar-refractivity contribution >= 4 is 40.2 Å². The molecule has 0 aliphatic heterocycles. The van der Waals surface area contributed by atoms with Gasteiger partial charge < -0.3 is 15.4 Å². The van der Waals surface area contributed by atoms with Crippen LogP contribution < -0.4 is 10.6 Å². The van der Waals surface area contributed by atoms with E-state index in [9.17, 15) is 14.4 Å². The Labute approximate surface area is 224 Å². The van der Waals surface area contributed by atoms with E-state index in [-0.39, 0.29) is 11.5 Å². The summed E-state index contributed by atoms with van der Waals surface area (Å²) in [6, 6.07) is 31.1. The average molecular weight is 517 g/mol. The van der Waals surface area contributed by atoms with Gasteiger partial charge in [0.2, 0.25) is 5.91 Å². The van der Waals surface area contributed by atoms with Crippen molar-refractivity contribution in [3.8, 4) is 22.5 Å². The predicted molar refractivity (Wildman–Crippen MR) is 150 cm³/mol. The van der Waals surface area contributed by atoms with E-state index in [0.717, 1.165) is 16.8 Å². The number of aromatic nitrogens is 2. The SMILES string of the molecule is CC(=O)Nc1ccc(NC(=O)COC(=O)c2ccc3nc(-c4ccccc4)c(-c4ccccc4)nc3c2)cc1. The standard InChI is InChI=1S/C31H24N4O4/c1-20(36)32-24-13-15-25(16-14-24)33-28(37)19-39-31(38)23-12-17-26-27(18-23)35-30(22-10-6-3-7-11-22)29(34-26)21-8-4-2-5-9-21/h2-18H,19H2,1H3,(H,32,36)(H,33,37). The van der Waals surface area contributed by atoms with Crippen LogP contribution in [0.1, 0.15) is 17.3 Å². The fraction of sp³-hybridized carbons (Fsp3) is 0.0645. The number of ether oxygens (including phenoxy) is 1. The number of carbonyl (C=O) groups excluding carboxylic acids is 3. The molecule has 1 heterocycles. The van der Waals surface area contributed by atoms with Crippen LogP contribution >= 0.6 is 0 Å². The maximum Gasteiger partial charge on any atom is 0.338 e. The van der Waals surface area contributed by atoms with Gasteiger partial charge in [0, 0.05) is 29.4 Å². The van der Waals surface area contributed by atoms with Crippen molar-refractivity contribution in [1.82, 2.24) is 9.97 Å². The third-order valence-electron chi connectivity index (χ3n) is 5.82. The Kier molecular flexibility index (Phi) is 7.36. The Morgan fingerprint density at radius 3 is 1.77 bits per heavy atom. The summed E-state index contributed by atoms with van der Waals surface area (Å²) in [4.78, 5) is 45.9. The van der Waals surface area contributed by atoms with Crippen LogP contribution in [-0.4, -0.2) is 34.4 Å². The van der Waals surface area contributed by atoms with Gasteiger partial charge in [-0.25, -0.2) is 14.8 Å². The predicted octanol–water partition coefficient (Wildman–Crippen LogP) is 5.72. The molecule has 0 spiro atoms. The van der Waals surface area contributed by atoms with Crippen LogP contribution in [0.15, 0.2) is 103 Å². The molecule has 0 unspecified atom stereocenters. The van der Waals surface area contributed by atoms with Crippen LogP contribution in [0.25, 0.3) is 33.5 Å². The summed E-state index contributed by atoms with van der Waals surface area (Å²) in [5, 5.41) is 5.30. The minimum absolute atomic E-state index is 0.189. The summed E-state index contributed by atoms with van der Waals surface area (Å²) >= 11 is 0. The van der Waals surface area contributed by atoms with Gasteiger partial charge in [0.15, 0.2) is 6.61 Å². The molecule has 5 aromatic rings. The van der Waals surface area contributed by atoms with Crippen LogP contribution in [0, 0.1) is 0 Å². The fourth-order valence-electron chi connectivity index (χ4n) is 4.03. The first-order valence-electron chi connectivity index (χ1n) is 12.2. The lowest BCUT2D eigenvalue weighted by Crippen LogP contribution is -2.21. The molecule has 0 aliphatic carbocycles. The molecule has 0 saturated carbocycles. The largest absolute Gasteiger partial charge is 0.452 e. The molecule has 8 heteroatoms. The summed E-state index contributed by atoms with van der Waals surface area (Å²) in [6.07, 6.45) is 0. The molecule has 0 bridgehead atoms. The quantitative estimate of drug-likeness (QED) is 0.268. The molecule has 0 fully saturated rings. The molecule has 0 radical (unpaired) electrons. The summed E-state index contributed by atoms with van der Waals surface area (Å²) in [5.74, 6) is -1.33. The van der Waals surface area contributed by atoms with E-state index in [1.54, 1.807) is 42.5 Å². The van der Waals surface area contributed by atoms with E-state index >= 15 is 0 Å². The maximum atomic E-state index is 12.7. The second-order valence-electron chi connectivity index (χ2n) is 8.74. The van der Waals surface area contributed by atoms with Gasteiger partial charge in [-0.2, -0.15) is 0 Å². The van der Waals surface area contributed by atoms with E-state index in [4.69, 9.17) is 14.7 Å². The zero-order chi connectivity index (χ0) is 27.2. The summed E-state index contributed by atoms with van der Waals surface area (Å²) in [5.41, 5.74) is 5.82. The van der Waals surface area contributed by atoms with Crippen LogP contribution in [-0.2, 0) is 14.3 Å². The number of nitrogens with zero attached hydrogens (tertiary/aromatic N) is 2. The Bertz CT molecular complexity index is 1650. The normalized spacial score (nSPS) is 10.6. The van der Waals surface area contributed by atoms with Crippen molar-refractivity contribution in [2.75, 3.05) is 17.2 Å². The van der Waals surface area contributed by atoms with Gasteiger partial charge in [0.25, 0.3) is 5.91 Å². The lowest BCUT2D eigenvalue weighted by molar-refractivity contribution is -0.119. The zero-order valence-electron chi connectivity index (χ0n) is 21.0. The highest BCUT2D eigenvalue weighted by Gasteiger charge is 2.16. The molecule has 0 atom stereocenters. The van der Waals surface area contributed by atoms with Crippen molar-refractivity contribution in [1.29, 1.82) is 0 Å². The van der Waals surface area contributed by atoms with E-state index in [1.165, 1.54) is 6.92 Å². The number of rotatable bonds is 7. The van der Waals surface area contributed by atoms with Crippen LogP contribution in [0.5, 0.6) is 0 Å². The summed E-state index contributed by atoms with van der Waals surface area (Å²) in [6.45, 7) is 0.953. The Hall–Kier alpha value is -5.37. The molecule has 5 rings (SSSR count). The Morgan fingerprint density at radius 1 is 0.667 bits per heavy atom. The number of carbonyl (C=O) groups is 3. The number of anilines is 2. The number of hydrogen-bond acceptors (Lipinski definition) is 6. The molecule has 1 aromatic heterocycles. The first-order valence-corrected chi connectivity index (χ1v) is 12.2. The van der Waals surface area contributed by atoms with E-state index in [0.29, 0.717) is 28.1 Å². The molecule has 4 aromatic carbocycles. The number of esters is 1. The summed E-state index contributed by atoms with van der Waals surface area (Å²) in [7, 11) is 0. The first-order chi connectivity index (χ1) is 19.0. The van der Waals surface area contributed by atoms with Crippen LogP contribution in [0.4, 0.5) is 11.4 Å². The van der Waals surface area contributed by atoms with Crippen molar-refractivity contribution in [2.45, 2.75) is 6.92 Å². The van der Waals surface area contributed by atoms with Crippen molar-refractivity contribution in [2.24, 2.45) is 0 Å². The maximum absolute atomic E-state index is 12.7. The molecular weight excluding hydrogens is 492 g/mol. The lowest BCUT2D eigenvalue weighted by Gasteiger charge is -2.11. The topological polar surface area (TPSA) is 110 Å². The monoisotopic (exact) mass is 516 g/mol. The minimum Gasteiger partial charge on any atom is -0.452 e. The van der Waals surface area contributed by atoms with Gasteiger partial charge in [0.05, 0.1) is 28.0 Å². The number of benzene rings is 4. The fourth-order valence-corrected chi connectivity index (χ4v) is 4.03. The molecule has 39 heavy (non-hydrogen) atoms. The Morgan fingerprint density at radius 2 is 1.21 bits per heavy atom. The van der Waals surface area contributed by atoms with Crippen LogP contribution in [0.3, 0.4) is 0 Å². The van der Waals surface area contributed by atoms with Gasteiger partial charge >= 0.3 is 5.97 Å². The lowest BCUT2D eigenvalue weighted by atomic mass is 10.0. The van der Waals surface area contributed by atoms with Gasteiger partial charge in [-0.3, -0.25) is 9.59 Å². The highest BCUT2D eigenvalue weighted by atomic mass is 16.5. The van der Waals surface area contributed by atoms with Gasteiger partial charge in [-0.15, -0.1) is 0 Å². The Balaban J connectivity index is 1.33. The van der Waals surface area contributed by atoms with E-state index < -0.39 is 18.5 Å². The minimum atomic E-state index is -0.650. The molecule has 8 nitrogen and oxygen atoms in total. The number of nitrogens with one attached hydrogen (secondary N) is 2. The molecule has 0 saturated heterocycles. The van der Waals surface area contributed by atoms with Crippen LogP contribution in [0.2, 0.25) is 0 Å². The number of fused-ring (bicyclic) bond motifs is 1. The first kappa shape index (κ1) is 25.3. The number of hydrogen-bond donors (Lipinski definition) is 2. The third kappa shape index (κ3) is 6.14. The molecule has 2 amide bonds. The van der Waals surface area contributed by atoms with Gasteiger partial charge in [-0.1, -0.05) is 60.7 Å². The van der Waals surface area contributed by atoms with Crippen molar-refractivity contribution in [3.63, 3.8) is 0 Å². The molecule has 0 aliphatic rings. The second kappa shape index (κ2) is 11.4. The highest BCUT2D eigenvalue weighted by molar-refractivity contribution is 5.98. The molecule has 2 N–H and O–H groups in total. The third-order valence-corrected chi connectivity index (χ3v) is 5.82. The molecular formula is C31H24N4O4. The highest BCUT2D eigenvalue weighted by Crippen LogP contribution is 2.31. The van der Waals surface area contributed by atoms with Gasteiger partial charge in [0.1, 0.15) is 0 Å². The number of amides is 2. The summed E-state index contributed by atoms with van der Waals surface area (Å²) < 4.78 is 5.24.